The van der Waals surface area contributed by atoms with Crippen LogP contribution >= 0.6 is 0 Å². The Hall–Kier alpha value is -0.130. The van der Waals surface area contributed by atoms with Crippen LogP contribution in [0, 0.1) is 0 Å². The van der Waals surface area contributed by atoms with Gasteiger partial charge in [0, 0.05) is 0 Å². The van der Waals surface area contributed by atoms with Gasteiger partial charge in [-0.2, -0.15) is 8.42 Å². The van der Waals surface area contributed by atoms with E-state index >= 15 is 0 Å². The summed E-state index contributed by atoms with van der Waals surface area (Å²) in [6.07, 6.45) is 19.3. The van der Waals surface area contributed by atoms with E-state index in [-0.39, 0.29) is 13.2 Å². The molecule has 138 valence electrons. The lowest BCUT2D eigenvalue weighted by molar-refractivity contribution is 0.208. The minimum absolute atomic E-state index is 0.252. The van der Waals surface area contributed by atoms with Crippen LogP contribution in [0.15, 0.2) is 0 Å². The first-order valence-corrected chi connectivity index (χ1v) is 11.1. The van der Waals surface area contributed by atoms with Crippen molar-refractivity contribution in [1.29, 1.82) is 0 Å². The molecule has 0 atom stereocenters. The lowest BCUT2D eigenvalue weighted by atomic mass is 10.0. The zero-order chi connectivity index (χ0) is 16.6. The largest absolute Gasteiger partial charge is 0.399 e. The Labute approximate surface area is 143 Å². The van der Waals surface area contributed by atoms with Gasteiger partial charge in [-0.15, -0.1) is 0 Å². The van der Waals surface area contributed by atoms with Crippen LogP contribution in [0.25, 0.3) is 0 Å². The summed E-state index contributed by atoms with van der Waals surface area (Å²) in [5.41, 5.74) is 0. The van der Waals surface area contributed by atoms with Gasteiger partial charge in [-0.3, -0.25) is 0 Å². The molecule has 1 heterocycles. The second-order valence-electron chi connectivity index (χ2n) is 6.71. The summed E-state index contributed by atoms with van der Waals surface area (Å²) in [5.74, 6) is 0. The van der Waals surface area contributed by atoms with Crippen LogP contribution in [0.4, 0.5) is 0 Å². The quantitative estimate of drug-likeness (QED) is 0.578. The Balaban J connectivity index is 2.19. The Bertz CT molecular complexity index is 326. The number of hydrogen-bond donors (Lipinski definition) is 0. The van der Waals surface area contributed by atoms with Gasteiger partial charge in [-0.1, -0.05) is 89.9 Å². The molecule has 0 aromatic heterocycles. The van der Waals surface area contributed by atoms with Crippen LogP contribution in [-0.4, -0.2) is 21.6 Å². The molecular formula is C18H36O4S. The molecule has 0 bridgehead atoms. The third-order valence-electron chi connectivity index (χ3n) is 4.49. The summed E-state index contributed by atoms with van der Waals surface area (Å²) >= 11 is 0. The normalized spacial score (nSPS) is 25.2. The molecule has 4 nitrogen and oxygen atoms in total. The van der Waals surface area contributed by atoms with Crippen LogP contribution in [0.1, 0.15) is 103 Å². The fraction of sp³-hybridized carbons (Fsp3) is 1.00. The summed E-state index contributed by atoms with van der Waals surface area (Å²) in [6, 6.07) is 0. The van der Waals surface area contributed by atoms with Crippen molar-refractivity contribution in [3.63, 3.8) is 0 Å². The summed E-state index contributed by atoms with van der Waals surface area (Å²) in [6.45, 7) is 0.505. The molecule has 0 amide bonds. The van der Waals surface area contributed by atoms with Crippen LogP contribution < -0.4 is 0 Å². The van der Waals surface area contributed by atoms with E-state index in [1.807, 2.05) is 0 Å². The minimum Gasteiger partial charge on any atom is -0.248 e. The Morgan fingerprint density at radius 2 is 0.609 bits per heavy atom. The SMILES string of the molecule is O=S1(=O)OCCCCCCCCCCCCCCCCCCO1. The average Bonchev–Trinajstić information content (AvgIpc) is 2.52. The zero-order valence-corrected chi connectivity index (χ0v) is 15.6. The molecule has 0 aliphatic carbocycles. The highest BCUT2D eigenvalue weighted by molar-refractivity contribution is 7.81. The van der Waals surface area contributed by atoms with Crippen molar-refractivity contribution in [3.8, 4) is 0 Å². The predicted octanol–water partition coefficient (Wildman–Crippen LogP) is 5.52. The van der Waals surface area contributed by atoms with Gasteiger partial charge in [0.25, 0.3) is 0 Å². The van der Waals surface area contributed by atoms with Gasteiger partial charge in [0.15, 0.2) is 0 Å². The molecule has 0 aromatic rings. The van der Waals surface area contributed by atoms with E-state index in [1.54, 1.807) is 0 Å². The molecule has 5 heteroatoms. The maximum Gasteiger partial charge on any atom is 0.399 e. The molecular weight excluding hydrogens is 312 g/mol. The molecule has 0 radical (unpaired) electrons. The highest BCUT2D eigenvalue weighted by atomic mass is 32.3. The molecule has 0 N–H and O–H groups in total. The van der Waals surface area contributed by atoms with Gasteiger partial charge in [0.1, 0.15) is 0 Å². The fourth-order valence-corrected chi connectivity index (χ4v) is 3.75. The monoisotopic (exact) mass is 348 g/mol. The summed E-state index contributed by atoms with van der Waals surface area (Å²) in [4.78, 5) is 0. The molecule has 0 unspecified atom stereocenters. The molecule has 1 fully saturated rings. The Morgan fingerprint density at radius 1 is 0.391 bits per heavy atom. The van der Waals surface area contributed by atoms with E-state index in [4.69, 9.17) is 8.37 Å². The third kappa shape index (κ3) is 14.0. The highest BCUT2D eigenvalue weighted by Gasteiger charge is 2.11. The van der Waals surface area contributed by atoms with E-state index in [1.165, 1.54) is 77.0 Å². The number of rotatable bonds is 0. The van der Waals surface area contributed by atoms with Crippen LogP contribution in [0.3, 0.4) is 0 Å². The van der Waals surface area contributed by atoms with Crippen molar-refractivity contribution in [2.24, 2.45) is 0 Å². The zero-order valence-electron chi connectivity index (χ0n) is 14.8. The van der Waals surface area contributed by atoms with Gasteiger partial charge < -0.3 is 0 Å². The summed E-state index contributed by atoms with van der Waals surface area (Å²) in [7, 11) is -3.78. The van der Waals surface area contributed by atoms with Crippen LogP contribution in [-0.2, 0) is 18.8 Å². The van der Waals surface area contributed by atoms with E-state index < -0.39 is 10.4 Å². The fourth-order valence-electron chi connectivity index (χ4n) is 3.03. The van der Waals surface area contributed by atoms with Gasteiger partial charge in [0.05, 0.1) is 13.2 Å². The smallest absolute Gasteiger partial charge is 0.248 e. The highest BCUT2D eigenvalue weighted by Crippen LogP contribution is 2.14. The second-order valence-corrected chi connectivity index (χ2v) is 8.00. The first-order chi connectivity index (χ1) is 11.2. The standard InChI is InChI=1S/C18H36O4S/c19-23(20)21-17-15-13-11-9-7-5-3-1-2-4-6-8-10-12-14-16-18-22-23/h1-18H2. The molecule has 1 aliphatic heterocycles. The van der Waals surface area contributed by atoms with Crippen LogP contribution in [0.5, 0.6) is 0 Å². The molecule has 1 aliphatic rings. The molecule has 0 spiro atoms. The Morgan fingerprint density at radius 3 is 0.870 bits per heavy atom. The number of hydrogen-bond acceptors (Lipinski definition) is 4. The molecule has 0 saturated carbocycles. The van der Waals surface area contributed by atoms with Gasteiger partial charge in [-0.25, -0.2) is 8.37 Å². The first kappa shape index (κ1) is 20.9. The molecule has 1 rings (SSSR count). The lowest BCUT2D eigenvalue weighted by Gasteiger charge is -2.06. The predicted molar refractivity (Wildman–Crippen MR) is 94.7 cm³/mol. The summed E-state index contributed by atoms with van der Waals surface area (Å²) < 4.78 is 32.8. The lowest BCUT2D eigenvalue weighted by Crippen LogP contribution is -2.12. The summed E-state index contributed by atoms with van der Waals surface area (Å²) in [5, 5.41) is 0. The van der Waals surface area contributed by atoms with E-state index in [0.29, 0.717) is 0 Å². The topological polar surface area (TPSA) is 52.6 Å². The van der Waals surface area contributed by atoms with Crippen molar-refractivity contribution >= 4 is 10.4 Å². The first-order valence-electron chi connectivity index (χ1n) is 9.74. The van der Waals surface area contributed by atoms with E-state index in [0.717, 1.165) is 25.7 Å². The molecule has 23 heavy (non-hydrogen) atoms. The molecule has 0 aromatic carbocycles. The molecule has 1 saturated heterocycles. The van der Waals surface area contributed by atoms with Crippen LogP contribution in [0.2, 0.25) is 0 Å². The Kier molecular flexibility index (Phi) is 12.9. The van der Waals surface area contributed by atoms with Gasteiger partial charge in [0.2, 0.25) is 0 Å². The van der Waals surface area contributed by atoms with E-state index in [9.17, 15) is 8.42 Å². The average molecular weight is 349 g/mol. The van der Waals surface area contributed by atoms with Gasteiger partial charge in [-0.05, 0) is 12.8 Å². The van der Waals surface area contributed by atoms with Gasteiger partial charge >= 0.3 is 10.4 Å². The van der Waals surface area contributed by atoms with Crippen molar-refractivity contribution < 1.29 is 16.8 Å². The second kappa shape index (κ2) is 14.2. The minimum atomic E-state index is -3.78. The van der Waals surface area contributed by atoms with Crippen molar-refractivity contribution in [3.05, 3.63) is 0 Å². The maximum atomic E-state index is 11.5. The maximum absolute atomic E-state index is 11.5. The third-order valence-corrected chi connectivity index (χ3v) is 5.40. The van der Waals surface area contributed by atoms with Crippen molar-refractivity contribution in [1.82, 2.24) is 0 Å². The van der Waals surface area contributed by atoms with Crippen molar-refractivity contribution in [2.75, 3.05) is 13.2 Å². The van der Waals surface area contributed by atoms with Crippen molar-refractivity contribution in [2.45, 2.75) is 103 Å². The van der Waals surface area contributed by atoms with E-state index in [2.05, 4.69) is 0 Å².